The number of rotatable bonds is 5. The molecule has 14 heavy (non-hydrogen) atoms. The van der Waals surface area contributed by atoms with Crippen molar-refractivity contribution < 1.29 is 0 Å². The van der Waals surface area contributed by atoms with Gasteiger partial charge in [0.05, 0.1) is 5.02 Å². The van der Waals surface area contributed by atoms with Gasteiger partial charge in [-0.3, -0.25) is 0 Å². The van der Waals surface area contributed by atoms with Crippen LogP contribution in [0.2, 0.25) is 5.02 Å². The van der Waals surface area contributed by atoms with Crippen molar-refractivity contribution in [2.45, 2.75) is 26.3 Å². The molecule has 0 spiro atoms. The predicted molar refractivity (Wildman–Crippen MR) is 66.1 cm³/mol. The highest BCUT2D eigenvalue weighted by atomic mass is 35.5. The normalized spacial score (nSPS) is 11.7. The molecule has 0 atom stereocenters. The second-order valence-electron chi connectivity index (χ2n) is 3.43. The third-order valence-electron chi connectivity index (χ3n) is 1.78. The smallest absolute Gasteiger partial charge is 0.0585 e. The average molecular weight is 230 g/mol. The second-order valence-corrected chi connectivity index (χ2v) is 4.79. The molecule has 0 radical (unpaired) electrons. The summed E-state index contributed by atoms with van der Waals surface area (Å²) >= 11 is 7.62. The van der Waals surface area contributed by atoms with Crippen molar-refractivity contribution in [3.05, 3.63) is 27.4 Å². The van der Waals surface area contributed by atoms with Crippen molar-refractivity contribution in [1.82, 2.24) is 5.32 Å². The van der Waals surface area contributed by atoms with Crippen LogP contribution in [0, 0.1) is 0 Å². The molecule has 0 bridgehead atoms. The van der Waals surface area contributed by atoms with E-state index in [9.17, 15) is 0 Å². The summed E-state index contributed by atoms with van der Waals surface area (Å²) in [4.78, 5) is 1.15. The third kappa shape index (κ3) is 4.27. The first-order valence-corrected chi connectivity index (χ1v) is 6.09. The van der Waals surface area contributed by atoms with E-state index in [1.807, 2.05) is 11.4 Å². The Morgan fingerprint density at radius 1 is 1.57 bits per heavy atom. The first-order valence-electron chi connectivity index (χ1n) is 4.83. The van der Waals surface area contributed by atoms with Gasteiger partial charge < -0.3 is 5.32 Å². The molecule has 0 saturated heterocycles. The number of hydrogen-bond donors (Lipinski definition) is 1. The van der Waals surface area contributed by atoms with Gasteiger partial charge in [0.15, 0.2) is 0 Å². The molecule has 0 fully saturated rings. The predicted octanol–water partition coefficient (Wildman–Crippen LogP) is 3.80. The van der Waals surface area contributed by atoms with E-state index in [0.717, 1.165) is 22.9 Å². The van der Waals surface area contributed by atoms with E-state index in [2.05, 4.69) is 31.3 Å². The highest BCUT2D eigenvalue weighted by molar-refractivity contribution is 7.11. The zero-order valence-corrected chi connectivity index (χ0v) is 10.2. The standard InChI is InChI=1S/C11H16ClNS/c1-9(2)13-7-4-3-5-11-10(12)6-8-14-11/h3,5-6,8-9,13H,4,7H2,1-2H3/b5-3+. The van der Waals surface area contributed by atoms with E-state index in [0.29, 0.717) is 6.04 Å². The zero-order valence-electron chi connectivity index (χ0n) is 8.59. The summed E-state index contributed by atoms with van der Waals surface area (Å²) in [6, 6.07) is 2.49. The zero-order chi connectivity index (χ0) is 10.4. The van der Waals surface area contributed by atoms with Gasteiger partial charge in [0.1, 0.15) is 0 Å². The molecule has 1 N–H and O–H groups in total. The Balaban J connectivity index is 2.25. The Labute approximate surface area is 94.8 Å². The van der Waals surface area contributed by atoms with Gasteiger partial charge in [-0.05, 0) is 30.5 Å². The number of thiophene rings is 1. The molecule has 1 nitrogen and oxygen atoms in total. The van der Waals surface area contributed by atoms with E-state index in [4.69, 9.17) is 11.6 Å². The van der Waals surface area contributed by atoms with E-state index < -0.39 is 0 Å². The summed E-state index contributed by atoms with van der Waals surface area (Å²) in [5.74, 6) is 0. The molecule has 0 aliphatic heterocycles. The molecular formula is C11H16ClNS. The van der Waals surface area contributed by atoms with Crippen LogP contribution in [-0.4, -0.2) is 12.6 Å². The highest BCUT2D eigenvalue weighted by Gasteiger charge is 1.95. The molecule has 3 heteroatoms. The molecule has 78 valence electrons. The van der Waals surface area contributed by atoms with Crippen molar-refractivity contribution in [3.63, 3.8) is 0 Å². The minimum atomic E-state index is 0.564. The Kier molecular flexibility index (Phi) is 5.23. The summed E-state index contributed by atoms with van der Waals surface area (Å²) in [6.45, 7) is 5.33. The molecule has 1 rings (SSSR count). The molecule has 0 saturated carbocycles. The fourth-order valence-corrected chi connectivity index (χ4v) is 2.11. The maximum absolute atomic E-state index is 5.95. The van der Waals surface area contributed by atoms with Gasteiger partial charge in [-0.25, -0.2) is 0 Å². The molecule has 0 aliphatic rings. The topological polar surface area (TPSA) is 12.0 Å². The highest BCUT2D eigenvalue weighted by Crippen LogP contribution is 2.23. The minimum absolute atomic E-state index is 0.564. The average Bonchev–Trinajstić information content (AvgIpc) is 2.51. The largest absolute Gasteiger partial charge is 0.314 e. The van der Waals surface area contributed by atoms with Gasteiger partial charge in [0, 0.05) is 10.9 Å². The number of nitrogens with one attached hydrogen (secondary N) is 1. The first kappa shape index (κ1) is 11.8. The van der Waals surface area contributed by atoms with Crippen LogP contribution in [-0.2, 0) is 0 Å². The Hall–Kier alpha value is -0.310. The van der Waals surface area contributed by atoms with Crippen LogP contribution in [0.3, 0.4) is 0 Å². The molecule has 1 heterocycles. The van der Waals surface area contributed by atoms with Crippen molar-refractivity contribution in [2.24, 2.45) is 0 Å². The fraction of sp³-hybridized carbons (Fsp3) is 0.455. The lowest BCUT2D eigenvalue weighted by molar-refractivity contribution is 0.595. The second kappa shape index (κ2) is 6.23. The lowest BCUT2D eigenvalue weighted by Crippen LogP contribution is -2.23. The van der Waals surface area contributed by atoms with Gasteiger partial charge in [0.25, 0.3) is 0 Å². The summed E-state index contributed by atoms with van der Waals surface area (Å²) < 4.78 is 0. The fourth-order valence-electron chi connectivity index (χ4n) is 1.07. The number of hydrogen-bond acceptors (Lipinski definition) is 2. The van der Waals surface area contributed by atoms with Gasteiger partial charge in [-0.2, -0.15) is 0 Å². The Bertz CT molecular complexity index is 291. The van der Waals surface area contributed by atoms with E-state index in [-0.39, 0.29) is 0 Å². The van der Waals surface area contributed by atoms with Crippen LogP contribution in [0.25, 0.3) is 6.08 Å². The number of halogens is 1. The molecule has 0 amide bonds. The Morgan fingerprint density at radius 3 is 2.93 bits per heavy atom. The van der Waals surface area contributed by atoms with Gasteiger partial charge in [-0.15, -0.1) is 11.3 Å². The molecule has 0 aromatic carbocycles. The molecule has 1 aromatic rings. The molecule has 0 aliphatic carbocycles. The van der Waals surface area contributed by atoms with Crippen LogP contribution in [0.4, 0.5) is 0 Å². The van der Waals surface area contributed by atoms with Crippen molar-refractivity contribution in [2.75, 3.05) is 6.54 Å². The van der Waals surface area contributed by atoms with Crippen molar-refractivity contribution in [1.29, 1.82) is 0 Å². The third-order valence-corrected chi connectivity index (χ3v) is 3.10. The van der Waals surface area contributed by atoms with Crippen LogP contribution >= 0.6 is 22.9 Å². The quantitative estimate of drug-likeness (QED) is 0.758. The lowest BCUT2D eigenvalue weighted by atomic mass is 10.3. The maximum atomic E-state index is 5.95. The molecule has 0 unspecified atom stereocenters. The van der Waals surface area contributed by atoms with Gasteiger partial charge in [-0.1, -0.05) is 31.5 Å². The van der Waals surface area contributed by atoms with Crippen molar-refractivity contribution in [3.8, 4) is 0 Å². The van der Waals surface area contributed by atoms with Crippen LogP contribution in [0.5, 0.6) is 0 Å². The van der Waals surface area contributed by atoms with E-state index in [1.54, 1.807) is 11.3 Å². The summed E-state index contributed by atoms with van der Waals surface area (Å²) in [5, 5.41) is 6.22. The molecule has 1 aromatic heterocycles. The monoisotopic (exact) mass is 229 g/mol. The Morgan fingerprint density at radius 2 is 2.36 bits per heavy atom. The van der Waals surface area contributed by atoms with Crippen LogP contribution in [0.15, 0.2) is 17.5 Å². The summed E-state index contributed by atoms with van der Waals surface area (Å²) in [5.41, 5.74) is 0. The van der Waals surface area contributed by atoms with Crippen LogP contribution < -0.4 is 5.32 Å². The SMILES string of the molecule is CC(C)NCC/C=C/c1sccc1Cl. The van der Waals surface area contributed by atoms with E-state index in [1.165, 1.54) is 0 Å². The van der Waals surface area contributed by atoms with Gasteiger partial charge >= 0.3 is 0 Å². The van der Waals surface area contributed by atoms with Crippen molar-refractivity contribution >= 4 is 29.0 Å². The van der Waals surface area contributed by atoms with Gasteiger partial charge in [0.2, 0.25) is 0 Å². The minimum Gasteiger partial charge on any atom is -0.314 e. The summed E-state index contributed by atoms with van der Waals surface area (Å²) in [7, 11) is 0. The van der Waals surface area contributed by atoms with Crippen LogP contribution in [0.1, 0.15) is 25.1 Å². The molecular weight excluding hydrogens is 214 g/mol. The summed E-state index contributed by atoms with van der Waals surface area (Å²) in [6.07, 6.45) is 5.30. The van der Waals surface area contributed by atoms with E-state index >= 15 is 0 Å². The maximum Gasteiger partial charge on any atom is 0.0585 e. The lowest BCUT2D eigenvalue weighted by Gasteiger charge is -2.04. The first-order chi connectivity index (χ1) is 6.70.